The van der Waals surface area contributed by atoms with Crippen LogP contribution in [0.3, 0.4) is 0 Å². The Morgan fingerprint density at radius 1 is 1.00 bits per heavy atom. The van der Waals surface area contributed by atoms with Crippen molar-refractivity contribution in [3.05, 3.63) is 89.5 Å². The fraction of sp³-hybridized carbons (Fsp3) is 0.231. The topological polar surface area (TPSA) is 119 Å². The number of hydrogen-bond acceptors (Lipinski definition) is 7. The number of carbonyl (C=O) groups excluding carboxylic acids is 2. The molecule has 8 nitrogen and oxygen atoms in total. The van der Waals surface area contributed by atoms with Gasteiger partial charge in [0, 0.05) is 5.56 Å². The molecule has 184 valence electrons. The average Bonchev–Trinajstić information content (AvgIpc) is 2.83. The summed E-state index contributed by atoms with van der Waals surface area (Å²) in [5.41, 5.74) is 2.38. The lowest BCUT2D eigenvalue weighted by molar-refractivity contribution is -0.154. The van der Waals surface area contributed by atoms with E-state index >= 15 is 0 Å². The SMILES string of the molecule is COc1ccc(C)cc1NC(=O)C(OC(=O)Cc1ccc(S(=O)(=O)CCO)cc1)c1ccccc1. The van der Waals surface area contributed by atoms with E-state index in [1.165, 1.54) is 31.4 Å². The van der Waals surface area contributed by atoms with E-state index in [1.807, 2.05) is 13.0 Å². The molecule has 0 saturated carbocycles. The Bertz CT molecular complexity index is 1270. The standard InChI is InChI=1S/C26H27NO7S/c1-18-8-13-23(33-2)22(16-18)27-26(30)25(20-6-4-3-5-7-20)34-24(29)17-19-9-11-21(12-10-19)35(31,32)15-14-28/h3-13,16,25,28H,14-15,17H2,1-2H3,(H,27,30). The van der Waals surface area contributed by atoms with Crippen LogP contribution in [0.1, 0.15) is 22.8 Å². The molecule has 3 rings (SSSR count). The Kier molecular flexibility index (Phi) is 8.62. The molecular formula is C26H27NO7S. The largest absolute Gasteiger partial charge is 0.495 e. The van der Waals surface area contributed by atoms with Crippen LogP contribution in [0.4, 0.5) is 5.69 Å². The first kappa shape index (κ1) is 25.9. The lowest BCUT2D eigenvalue weighted by Crippen LogP contribution is -2.26. The molecule has 1 atom stereocenters. The van der Waals surface area contributed by atoms with Crippen molar-refractivity contribution in [1.82, 2.24) is 0 Å². The van der Waals surface area contributed by atoms with Crippen molar-refractivity contribution in [1.29, 1.82) is 0 Å². The fourth-order valence-corrected chi connectivity index (χ4v) is 4.44. The maximum atomic E-state index is 13.2. The minimum atomic E-state index is -3.59. The molecule has 2 N–H and O–H groups in total. The molecule has 3 aromatic rings. The zero-order valence-corrected chi connectivity index (χ0v) is 20.2. The zero-order chi connectivity index (χ0) is 25.4. The van der Waals surface area contributed by atoms with Crippen LogP contribution in [0.25, 0.3) is 0 Å². The van der Waals surface area contributed by atoms with Crippen LogP contribution in [-0.4, -0.2) is 44.9 Å². The van der Waals surface area contributed by atoms with Gasteiger partial charge >= 0.3 is 5.97 Å². The van der Waals surface area contributed by atoms with Crippen molar-refractivity contribution in [2.45, 2.75) is 24.3 Å². The number of hydrogen-bond donors (Lipinski definition) is 2. The Labute approximate surface area is 204 Å². The first-order valence-electron chi connectivity index (χ1n) is 10.9. The molecule has 0 heterocycles. The third-order valence-electron chi connectivity index (χ3n) is 5.19. The van der Waals surface area contributed by atoms with Gasteiger partial charge in [-0.05, 0) is 42.3 Å². The lowest BCUT2D eigenvalue weighted by atomic mass is 10.1. The average molecular weight is 498 g/mol. The summed E-state index contributed by atoms with van der Waals surface area (Å²) in [6.45, 7) is 1.40. The van der Waals surface area contributed by atoms with Gasteiger partial charge in [-0.1, -0.05) is 48.5 Å². The number of aryl methyl sites for hydroxylation is 1. The Hall–Kier alpha value is -3.69. The van der Waals surface area contributed by atoms with Gasteiger partial charge in [0.15, 0.2) is 9.84 Å². The minimum Gasteiger partial charge on any atom is -0.495 e. The maximum Gasteiger partial charge on any atom is 0.311 e. The molecule has 3 aromatic carbocycles. The summed E-state index contributed by atoms with van der Waals surface area (Å²) in [7, 11) is -2.09. The highest BCUT2D eigenvalue weighted by Gasteiger charge is 2.26. The van der Waals surface area contributed by atoms with Crippen LogP contribution < -0.4 is 10.1 Å². The second kappa shape index (κ2) is 11.6. The van der Waals surface area contributed by atoms with Crippen LogP contribution >= 0.6 is 0 Å². The van der Waals surface area contributed by atoms with E-state index in [4.69, 9.17) is 14.6 Å². The van der Waals surface area contributed by atoms with Gasteiger partial charge in [0.05, 0.1) is 36.5 Å². The number of nitrogens with one attached hydrogen (secondary N) is 1. The molecule has 0 fully saturated rings. The molecule has 0 aliphatic heterocycles. The number of carbonyl (C=O) groups is 2. The number of aliphatic hydroxyl groups excluding tert-OH is 1. The third kappa shape index (κ3) is 6.91. The number of rotatable bonds is 10. The number of anilines is 1. The van der Waals surface area contributed by atoms with E-state index in [-0.39, 0.29) is 17.1 Å². The van der Waals surface area contributed by atoms with E-state index in [9.17, 15) is 18.0 Å². The first-order chi connectivity index (χ1) is 16.7. The molecular weight excluding hydrogens is 470 g/mol. The number of aliphatic hydroxyl groups is 1. The molecule has 0 aliphatic rings. The summed E-state index contributed by atoms with van der Waals surface area (Å²) in [5, 5.41) is 11.7. The van der Waals surface area contributed by atoms with E-state index in [0.29, 0.717) is 22.6 Å². The van der Waals surface area contributed by atoms with Gasteiger partial charge in [0.2, 0.25) is 6.10 Å². The molecule has 35 heavy (non-hydrogen) atoms. The summed E-state index contributed by atoms with van der Waals surface area (Å²) in [6, 6.07) is 19.7. The van der Waals surface area contributed by atoms with Crippen LogP contribution in [0.2, 0.25) is 0 Å². The van der Waals surface area contributed by atoms with Gasteiger partial charge in [0.25, 0.3) is 5.91 Å². The van der Waals surface area contributed by atoms with Crippen LogP contribution in [-0.2, 0) is 30.6 Å². The number of esters is 1. The Balaban J connectivity index is 1.77. The highest BCUT2D eigenvalue weighted by molar-refractivity contribution is 7.91. The molecule has 0 aromatic heterocycles. The monoisotopic (exact) mass is 497 g/mol. The van der Waals surface area contributed by atoms with Crippen molar-refractivity contribution >= 4 is 27.4 Å². The molecule has 0 aliphatic carbocycles. The second-order valence-corrected chi connectivity index (χ2v) is 9.95. The molecule has 0 bridgehead atoms. The predicted octanol–water partition coefficient (Wildman–Crippen LogP) is 3.24. The molecule has 1 unspecified atom stereocenters. The number of benzene rings is 3. The van der Waals surface area contributed by atoms with Gasteiger partial charge in [-0.25, -0.2) is 8.42 Å². The molecule has 1 amide bonds. The number of methoxy groups -OCH3 is 1. The molecule has 0 spiro atoms. The van der Waals surface area contributed by atoms with E-state index in [0.717, 1.165) is 5.56 Å². The first-order valence-corrected chi connectivity index (χ1v) is 12.5. The third-order valence-corrected chi connectivity index (χ3v) is 6.90. The van der Waals surface area contributed by atoms with Crippen molar-refractivity contribution < 1.29 is 32.6 Å². The highest BCUT2D eigenvalue weighted by atomic mass is 32.2. The predicted molar refractivity (Wildman–Crippen MR) is 131 cm³/mol. The molecule has 0 saturated heterocycles. The van der Waals surface area contributed by atoms with Crippen LogP contribution in [0.5, 0.6) is 5.75 Å². The Morgan fingerprint density at radius 2 is 1.69 bits per heavy atom. The van der Waals surface area contributed by atoms with Crippen molar-refractivity contribution in [3.63, 3.8) is 0 Å². The van der Waals surface area contributed by atoms with E-state index < -0.39 is 34.4 Å². The summed E-state index contributed by atoms with van der Waals surface area (Å²) in [6.07, 6.45) is -1.37. The number of sulfone groups is 1. The normalized spacial score (nSPS) is 12.0. The summed E-state index contributed by atoms with van der Waals surface area (Å²) in [4.78, 5) is 26.0. The van der Waals surface area contributed by atoms with E-state index in [1.54, 1.807) is 42.5 Å². The number of ether oxygens (including phenoxy) is 2. The van der Waals surface area contributed by atoms with Gasteiger partial charge in [-0.2, -0.15) is 0 Å². The van der Waals surface area contributed by atoms with Crippen LogP contribution in [0.15, 0.2) is 77.7 Å². The van der Waals surface area contributed by atoms with E-state index in [2.05, 4.69) is 5.32 Å². The zero-order valence-electron chi connectivity index (χ0n) is 19.4. The second-order valence-electron chi connectivity index (χ2n) is 7.84. The van der Waals surface area contributed by atoms with Gasteiger partial charge in [0.1, 0.15) is 5.75 Å². The van der Waals surface area contributed by atoms with Gasteiger partial charge in [-0.15, -0.1) is 0 Å². The van der Waals surface area contributed by atoms with Crippen molar-refractivity contribution in [2.75, 3.05) is 24.8 Å². The number of amides is 1. The maximum absolute atomic E-state index is 13.2. The van der Waals surface area contributed by atoms with Gasteiger partial charge in [-0.3, -0.25) is 9.59 Å². The highest BCUT2D eigenvalue weighted by Crippen LogP contribution is 2.28. The van der Waals surface area contributed by atoms with Crippen LogP contribution in [0, 0.1) is 6.92 Å². The van der Waals surface area contributed by atoms with Crippen molar-refractivity contribution in [3.8, 4) is 5.75 Å². The smallest absolute Gasteiger partial charge is 0.311 e. The quantitative estimate of drug-likeness (QED) is 0.413. The molecule has 9 heteroatoms. The summed E-state index contributed by atoms with van der Waals surface area (Å²) >= 11 is 0. The van der Waals surface area contributed by atoms with Gasteiger partial charge < -0.3 is 19.9 Å². The summed E-state index contributed by atoms with van der Waals surface area (Å²) < 4.78 is 35.0. The van der Waals surface area contributed by atoms with Crippen molar-refractivity contribution in [2.24, 2.45) is 0 Å². The minimum absolute atomic E-state index is 0.0531. The molecule has 0 radical (unpaired) electrons. The Morgan fingerprint density at radius 3 is 2.31 bits per heavy atom. The lowest BCUT2D eigenvalue weighted by Gasteiger charge is -2.19. The fourth-order valence-electron chi connectivity index (χ4n) is 3.41. The summed E-state index contributed by atoms with van der Waals surface area (Å²) in [5.74, 6) is -1.11.